The molecule has 0 heterocycles. The first-order valence-corrected chi connectivity index (χ1v) is 8.34. The first kappa shape index (κ1) is 13.8. The lowest BCUT2D eigenvalue weighted by Gasteiger charge is -2.34. The van der Waals surface area contributed by atoms with Crippen molar-refractivity contribution in [3.05, 3.63) is 0 Å². The topological polar surface area (TPSA) is 0 Å². The van der Waals surface area contributed by atoms with Crippen LogP contribution < -0.4 is 0 Å². The lowest BCUT2D eigenvalue weighted by molar-refractivity contribution is 0.220. The summed E-state index contributed by atoms with van der Waals surface area (Å²) >= 11 is 4.96. The predicted molar refractivity (Wildman–Crippen MR) is 79.8 cm³/mol. The molecule has 2 rings (SSSR count). The van der Waals surface area contributed by atoms with E-state index >= 15 is 0 Å². The van der Waals surface area contributed by atoms with Crippen LogP contribution >= 0.6 is 12.6 Å². The second-order valence-electron chi connectivity index (χ2n) is 6.81. The van der Waals surface area contributed by atoms with E-state index < -0.39 is 0 Å². The van der Waals surface area contributed by atoms with Crippen LogP contribution in [0.5, 0.6) is 0 Å². The van der Waals surface area contributed by atoms with Crippen molar-refractivity contribution >= 4 is 12.6 Å². The average molecular weight is 254 g/mol. The molecule has 2 aliphatic rings. The molecule has 0 aliphatic heterocycles. The van der Waals surface area contributed by atoms with Crippen molar-refractivity contribution in [1.82, 2.24) is 0 Å². The third kappa shape index (κ3) is 4.50. The van der Waals surface area contributed by atoms with Crippen molar-refractivity contribution in [3.8, 4) is 0 Å². The molecule has 1 heteroatoms. The Morgan fingerprint density at radius 2 is 1.29 bits per heavy atom. The summed E-state index contributed by atoms with van der Waals surface area (Å²) in [5.74, 6) is 2.01. The Kier molecular flexibility index (Phi) is 5.26. The number of hydrogen-bond acceptors (Lipinski definition) is 1. The van der Waals surface area contributed by atoms with E-state index in [-0.39, 0.29) is 0 Å². The SMILES string of the molecule is CC1(S)CCCCC[C@H]2CCCCCC[C@H]2C1. The zero-order valence-corrected chi connectivity index (χ0v) is 12.5. The van der Waals surface area contributed by atoms with Gasteiger partial charge in [-0.05, 0) is 24.7 Å². The third-order valence-corrected chi connectivity index (χ3v) is 5.46. The first-order valence-electron chi connectivity index (χ1n) is 7.90. The Labute approximate surface area is 113 Å². The summed E-state index contributed by atoms with van der Waals surface area (Å²) in [5, 5.41) is 0. The Bertz CT molecular complexity index is 222. The van der Waals surface area contributed by atoms with Gasteiger partial charge in [-0.2, -0.15) is 12.6 Å². The van der Waals surface area contributed by atoms with E-state index in [1.807, 2.05) is 0 Å². The van der Waals surface area contributed by atoms with Crippen LogP contribution in [0.2, 0.25) is 0 Å². The molecule has 0 aromatic carbocycles. The van der Waals surface area contributed by atoms with Crippen molar-refractivity contribution in [2.24, 2.45) is 11.8 Å². The monoisotopic (exact) mass is 254 g/mol. The molecule has 0 bridgehead atoms. The molecule has 0 saturated heterocycles. The second kappa shape index (κ2) is 6.50. The molecule has 100 valence electrons. The van der Waals surface area contributed by atoms with Crippen LogP contribution in [-0.2, 0) is 0 Å². The number of rotatable bonds is 0. The highest BCUT2D eigenvalue weighted by atomic mass is 32.1. The molecule has 0 N–H and O–H groups in total. The smallest absolute Gasteiger partial charge is 0.0104 e. The average Bonchev–Trinajstić information content (AvgIpc) is 2.30. The zero-order valence-electron chi connectivity index (χ0n) is 11.6. The molecule has 2 saturated carbocycles. The molecule has 0 aromatic heterocycles. The van der Waals surface area contributed by atoms with Gasteiger partial charge in [0.2, 0.25) is 0 Å². The van der Waals surface area contributed by atoms with Crippen LogP contribution in [0.25, 0.3) is 0 Å². The maximum atomic E-state index is 4.96. The minimum absolute atomic E-state index is 0.312. The van der Waals surface area contributed by atoms with Crippen LogP contribution in [-0.4, -0.2) is 4.75 Å². The fourth-order valence-corrected chi connectivity index (χ4v) is 4.44. The van der Waals surface area contributed by atoms with Crippen LogP contribution in [0.4, 0.5) is 0 Å². The van der Waals surface area contributed by atoms with Crippen molar-refractivity contribution < 1.29 is 0 Å². The largest absolute Gasteiger partial charge is 0.173 e. The minimum Gasteiger partial charge on any atom is -0.173 e. The summed E-state index contributed by atoms with van der Waals surface area (Å²) in [6, 6.07) is 0. The highest BCUT2D eigenvalue weighted by Crippen LogP contribution is 2.41. The molecule has 2 aliphatic carbocycles. The molecular formula is C16H30S. The van der Waals surface area contributed by atoms with Gasteiger partial charge in [-0.1, -0.05) is 71.1 Å². The van der Waals surface area contributed by atoms with Crippen LogP contribution in [0, 0.1) is 11.8 Å². The van der Waals surface area contributed by atoms with Gasteiger partial charge in [-0.3, -0.25) is 0 Å². The maximum absolute atomic E-state index is 4.96. The fraction of sp³-hybridized carbons (Fsp3) is 1.00. The van der Waals surface area contributed by atoms with E-state index in [1.165, 1.54) is 77.0 Å². The van der Waals surface area contributed by atoms with Gasteiger partial charge in [0.05, 0.1) is 0 Å². The standard InChI is InChI=1S/C16H30S/c1-16(17)12-8-4-7-10-14-9-5-2-3-6-11-15(14)13-16/h14-15,17H,2-13H2,1H3/t14-,15+,16?/m1/s1. The molecule has 0 nitrogen and oxygen atoms in total. The quantitative estimate of drug-likeness (QED) is 0.533. The lowest BCUT2D eigenvalue weighted by atomic mass is 9.75. The molecule has 0 amide bonds. The van der Waals surface area contributed by atoms with Crippen molar-refractivity contribution in [2.45, 2.75) is 88.7 Å². The molecular weight excluding hydrogens is 224 g/mol. The summed E-state index contributed by atoms with van der Waals surface area (Å²) in [6.45, 7) is 2.39. The van der Waals surface area contributed by atoms with Crippen LogP contribution in [0.1, 0.15) is 84.0 Å². The Morgan fingerprint density at radius 3 is 1.94 bits per heavy atom. The summed E-state index contributed by atoms with van der Waals surface area (Å²) in [7, 11) is 0. The summed E-state index contributed by atoms with van der Waals surface area (Å²) in [5.41, 5.74) is 0. The van der Waals surface area contributed by atoms with Crippen LogP contribution in [0.3, 0.4) is 0 Å². The van der Waals surface area contributed by atoms with E-state index in [4.69, 9.17) is 12.6 Å². The van der Waals surface area contributed by atoms with Gasteiger partial charge in [0.25, 0.3) is 0 Å². The number of hydrogen-bond donors (Lipinski definition) is 1. The summed E-state index contributed by atoms with van der Waals surface area (Å²) < 4.78 is 0.312. The highest BCUT2D eigenvalue weighted by molar-refractivity contribution is 7.81. The fourth-order valence-electron chi connectivity index (χ4n) is 4.04. The molecule has 0 spiro atoms. The van der Waals surface area contributed by atoms with Crippen molar-refractivity contribution in [2.75, 3.05) is 0 Å². The van der Waals surface area contributed by atoms with Gasteiger partial charge in [-0.25, -0.2) is 0 Å². The van der Waals surface area contributed by atoms with E-state index in [0.29, 0.717) is 4.75 Å². The van der Waals surface area contributed by atoms with Gasteiger partial charge < -0.3 is 0 Å². The van der Waals surface area contributed by atoms with E-state index in [9.17, 15) is 0 Å². The van der Waals surface area contributed by atoms with Gasteiger partial charge >= 0.3 is 0 Å². The van der Waals surface area contributed by atoms with Gasteiger partial charge in [0.1, 0.15) is 0 Å². The van der Waals surface area contributed by atoms with Gasteiger partial charge in [-0.15, -0.1) is 0 Å². The summed E-state index contributed by atoms with van der Waals surface area (Å²) in [4.78, 5) is 0. The van der Waals surface area contributed by atoms with Gasteiger partial charge in [0.15, 0.2) is 0 Å². The second-order valence-corrected chi connectivity index (χ2v) is 7.89. The Morgan fingerprint density at radius 1 is 0.765 bits per heavy atom. The van der Waals surface area contributed by atoms with Crippen molar-refractivity contribution in [3.63, 3.8) is 0 Å². The summed E-state index contributed by atoms with van der Waals surface area (Å²) in [6.07, 6.45) is 17.5. The van der Waals surface area contributed by atoms with E-state index in [0.717, 1.165) is 11.8 Å². The minimum atomic E-state index is 0.312. The first-order chi connectivity index (χ1) is 8.17. The molecule has 3 atom stereocenters. The van der Waals surface area contributed by atoms with Crippen LogP contribution in [0.15, 0.2) is 0 Å². The molecule has 17 heavy (non-hydrogen) atoms. The third-order valence-electron chi connectivity index (χ3n) is 5.06. The van der Waals surface area contributed by atoms with Gasteiger partial charge in [0, 0.05) is 4.75 Å². The number of thiol groups is 1. The molecule has 1 unspecified atom stereocenters. The molecule has 0 aromatic rings. The normalized spacial score (nSPS) is 41.3. The molecule has 2 fully saturated rings. The maximum Gasteiger partial charge on any atom is 0.0104 e. The predicted octanol–water partition coefficient (Wildman–Crippen LogP) is 5.62. The zero-order chi connectivity index (χ0) is 12.1. The lowest BCUT2D eigenvalue weighted by Crippen LogP contribution is -2.26. The van der Waals surface area contributed by atoms with Crippen molar-refractivity contribution in [1.29, 1.82) is 0 Å². The Hall–Kier alpha value is 0.350. The number of fused-ring (bicyclic) bond motifs is 1. The van der Waals surface area contributed by atoms with E-state index in [2.05, 4.69) is 6.92 Å². The molecule has 0 radical (unpaired) electrons. The Balaban J connectivity index is 2.03. The highest BCUT2D eigenvalue weighted by Gasteiger charge is 2.30. The van der Waals surface area contributed by atoms with E-state index in [1.54, 1.807) is 0 Å².